The molecule has 1 aromatic heterocycles. The van der Waals surface area contributed by atoms with E-state index in [1.165, 1.54) is 0 Å². The third kappa shape index (κ3) is 4.21. The molecule has 110 valence electrons. The van der Waals surface area contributed by atoms with Gasteiger partial charge in [-0.05, 0) is 19.1 Å². The lowest BCUT2D eigenvalue weighted by molar-refractivity contribution is -0.123. The van der Waals surface area contributed by atoms with Crippen molar-refractivity contribution in [1.82, 2.24) is 5.16 Å². The topological polar surface area (TPSA) is 84.2 Å². The molecule has 0 atom stereocenters. The average Bonchev–Trinajstić information content (AvgIpc) is 2.79. The number of aromatic nitrogens is 1. The minimum absolute atomic E-state index is 0.251. The summed E-state index contributed by atoms with van der Waals surface area (Å²) in [7, 11) is 0. The van der Waals surface area contributed by atoms with Crippen LogP contribution in [0.15, 0.2) is 28.8 Å². The van der Waals surface area contributed by atoms with E-state index < -0.39 is 18.2 Å². The van der Waals surface area contributed by atoms with Crippen LogP contribution in [-0.4, -0.2) is 17.0 Å². The van der Waals surface area contributed by atoms with E-state index in [1.54, 1.807) is 31.2 Å². The smallest absolute Gasteiger partial charge is 0.235 e. The van der Waals surface area contributed by atoms with Crippen LogP contribution in [-0.2, 0) is 9.59 Å². The molecule has 6 nitrogen and oxygen atoms in total. The lowest BCUT2D eigenvalue weighted by atomic mass is 10.3. The molecule has 0 aliphatic heterocycles. The number of aryl methyl sites for hydroxylation is 1. The average molecular weight is 328 g/mol. The number of hydrogen-bond donors (Lipinski definition) is 2. The van der Waals surface area contributed by atoms with Gasteiger partial charge in [0.1, 0.15) is 12.2 Å². The molecular weight excluding hydrogens is 317 g/mol. The van der Waals surface area contributed by atoms with Gasteiger partial charge in [0, 0.05) is 6.07 Å². The summed E-state index contributed by atoms with van der Waals surface area (Å²) in [6.07, 6.45) is -0.395. The van der Waals surface area contributed by atoms with Crippen LogP contribution in [0.2, 0.25) is 10.0 Å². The van der Waals surface area contributed by atoms with Gasteiger partial charge in [-0.3, -0.25) is 9.59 Å². The molecular formula is C13H11Cl2N3O3. The van der Waals surface area contributed by atoms with Crippen molar-refractivity contribution in [3.63, 3.8) is 0 Å². The summed E-state index contributed by atoms with van der Waals surface area (Å²) in [5, 5.41) is 9.11. The van der Waals surface area contributed by atoms with Gasteiger partial charge >= 0.3 is 0 Å². The van der Waals surface area contributed by atoms with Crippen LogP contribution in [0, 0.1) is 6.92 Å². The van der Waals surface area contributed by atoms with Crippen LogP contribution >= 0.6 is 23.2 Å². The molecule has 1 aromatic carbocycles. The van der Waals surface area contributed by atoms with Gasteiger partial charge < -0.3 is 15.2 Å². The highest BCUT2D eigenvalue weighted by Crippen LogP contribution is 2.29. The largest absolute Gasteiger partial charge is 0.360 e. The fourth-order valence-electron chi connectivity index (χ4n) is 1.56. The van der Waals surface area contributed by atoms with Crippen LogP contribution < -0.4 is 10.6 Å². The first-order valence-corrected chi connectivity index (χ1v) is 6.68. The summed E-state index contributed by atoms with van der Waals surface area (Å²) in [6, 6.07) is 6.36. The number of para-hydroxylation sites is 1. The van der Waals surface area contributed by atoms with Crippen LogP contribution in [0.25, 0.3) is 0 Å². The lowest BCUT2D eigenvalue weighted by Crippen LogP contribution is -2.21. The van der Waals surface area contributed by atoms with Gasteiger partial charge in [0.05, 0.1) is 15.7 Å². The lowest BCUT2D eigenvalue weighted by Gasteiger charge is -2.08. The molecule has 2 rings (SSSR count). The van der Waals surface area contributed by atoms with Crippen molar-refractivity contribution in [3.05, 3.63) is 40.1 Å². The highest BCUT2D eigenvalue weighted by molar-refractivity contribution is 6.39. The fourth-order valence-corrected chi connectivity index (χ4v) is 2.05. The number of rotatable bonds is 4. The summed E-state index contributed by atoms with van der Waals surface area (Å²) in [4.78, 5) is 23.5. The third-order valence-corrected chi connectivity index (χ3v) is 3.07. The number of anilines is 2. The molecule has 0 aliphatic rings. The van der Waals surface area contributed by atoms with Crippen molar-refractivity contribution in [3.8, 4) is 0 Å². The summed E-state index contributed by atoms with van der Waals surface area (Å²) >= 11 is 11.8. The molecule has 0 unspecified atom stereocenters. The van der Waals surface area contributed by atoms with E-state index in [9.17, 15) is 9.59 Å². The Morgan fingerprint density at radius 1 is 1.19 bits per heavy atom. The Labute approximate surface area is 130 Å². The zero-order valence-electron chi connectivity index (χ0n) is 10.9. The Hall–Kier alpha value is -2.05. The molecule has 8 heteroatoms. The van der Waals surface area contributed by atoms with Gasteiger partial charge in [-0.25, -0.2) is 0 Å². The number of halogens is 2. The molecule has 0 bridgehead atoms. The second kappa shape index (κ2) is 6.60. The number of nitrogens with one attached hydrogen (secondary N) is 2. The Bertz CT molecular complexity index is 665. The molecule has 0 aliphatic carbocycles. The van der Waals surface area contributed by atoms with Gasteiger partial charge in [-0.1, -0.05) is 34.4 Å². The second-order valence-electron chi connectivity index (χ2n) is 4.19. The maximum Gasteiger partial charge on any atom is 0.235 e. The van der Waals surface area contributed by atoms with E-state index in [0.29, 0.717) is 15.8 Å². The summed E-state index contributed by atoms with van der Waals surface area (Å²) in [5.74, 6) is -0.259. The normalized spacial score (nSPS) is 10.2. The van der Waals surface area contributed by atoms with Crippen molar-refractivity contribution in [1.29, 1.82) is 0 Å². The molecule has 0 spiro atoms. The van der Waals surface area contributed by atoms with Crippen molar-refractivity contribution < 1.29 is 14.1 Å². The predicted molar refractivity (Wildman–Crippen MR) is 79.6 cm³/mol. The molecule has 2 N–H and O–H groups in total. The number of amides is 2. The molecule has 0 radical (unpaired) electrons. The highest BCUT2D eigenvalue weighted by Gasteiger charge is 2.14. The Kier molecular flexibility index (Phi) is 4.82. The maximum absolute atomic E-state index is 11.8. The minimum atomic E-state index is -0.539. The monoisotopic (exact) mass is 327 g/mol. The van der Waals surface area contributed by atoms with Crippen LogP contribution in [0.3, 0.4) is 0 Å². The first-order chi connectivity index (χ1) is 9.95. The number of benzene rings is 1. The SMILES string of the molecule is Cc1cc(NC(=O)CC(=O)Nc2c(Cl)cccc2Cl)no1. The Balaban J connectivity index is 1.94. The van der Waals surface area contributed by atoms with Gasteiger partial charge in [0.2, 0.25) is 11.8 Å². The van der Waals surface area contributed by atoms with E-state index in [1.807, 2.05) is 0 Å². The summed E-state index contributed by atoms with van der Waals surface area (Å²) in [5.41, 5.74) is 0.274. The molecule has 2 amide bonds. The zero-order chi connectivity index (χ0) is 15.4. The molecule has 2 aromatic rings. The molecule has 21 heavy (non-hydrogen) atoms. The Morgan fingerprint density at radius 2 is 1.81 bits per heavy atom. The van der Waals surface area contributed by atoms with Crippen molar-refractivity contribution in [2.75, 3.05) is 10.6 Å². The minimum Gasteiger partial charge on any atom is -0.360 e. The van der Waals surface area contributed by atoms with E-state index in [-0.39, 0.29) is 11.5 Å². The third-order valence-electron chi connectivity index (χ3n) is 2.44. The molecule has 0 saturated carbocycles. The summed E-state index contributed by atoms with van der Waals surface area (Å²) in [6.45, 7) is 1.69. The number of carbonyl (C=O) groups is 2. The fraction of sp³-hybridized carbons (Fsp3) is 0.154. The van der Waals surface area contributed by atoms with E-state index in [2.05, 4.69) is 15.8 Å². The summed E-state index contributed by atoms with van der Waals surface area (Å²) < 4.78 is 4.80. The van der Waals surface area contributed by atoms with Crippen molar-refractivity contribution in [2.45, 2.75) is 13.3 Å². The Morgan fingerprint density at radius 3 is 2.38 bits per heavy atom. The number of carbonyl (C=O) groups excluding carboxylic acids is 2. The van der Waals surface area contributed by atoms with Gasteiger partial charge in [0.15, 0.2) is 5.82 Å². The van der Waals surface area contributed by atoms with Crippen molar-refractivity contribution in [2.24, 2.45) is 0 Å². The van der Waals surface area contributed by atoms with Crippen LogP contribution in [0.1, 0.15) is 12.2 Å². The maximum atomic E-state index is 11.8. The second-order valence-corrected chi connectivity index (χ2v) is 5.01. The van der Waals surface area contributed by atoms with Gasteiger partial charge in [-0.15, -0.1) is 0 Å². The van der Waals surface area contributed by atoms with E-state index in [4.69, 9.17) is 27.7 Å². The standard InChI is InChI=1S/C13H11Cl2N3O3/c1-7-5-10(18-21-7)16-11(19)6-12(20)17-13-8(14)3-2-4-9(13)15/h2-5H,6H2,1H3,(H,17,20)(H,16,18,19). The van der Waals surface area contributed by atoms with E-state index in [0.717, 1.165) is 0 Å². The number of hydrogen-bond acceptors (Lipinski definition) is 4. The zero-order valence-corrected chi connectivity index (χ0v) is 12.5. The van der Waals surface area contributed by atoms with Gasteiger partial charge in [0.25, 0.3) is 0 Å². The molecule has 0 fully saturated rings. The first-order valence-electron chi connectivity index (χ1n) is 5.92. The van der Waals surface area contributed by atoms with Gasteiger partial charge in [-0.2, -0.15) is 0 Å². The van der Waals surface area contributed by atoms with Crippen molar-refractivity contribution >= 4 is 46.5 Å². The number of nitrogens with zero attached hydrogens (tertiary/aromatic N) is 1. The van der Waals surface area contributed by atoms with E-state index >= 15 is 0 Å². The predicted octanol–water partition coefficient (Wildman–Crippen LogP) is 3.26. The van der Waals surface area contributed by atoms with Crippen LogP contribution in [0.4, 0.5) is 11.5 Å². The molecule has 0 saturated heterocycles. The van der Waals surface area contributed by atoms with Crippen LogP contribution in [0.5, 0.6) is 0 Å². The quantitative estimate of drug-likeness (QED) is 0.844. The highest BCUT2D eigenvalue weighted by atomic mass is 35.5. The molecule has 1 heterocycles. The first kappa shape index (κ1) is 15.3.